The van der Waals surface area contributed by atoms with Gasteiger partial charge in [0.1, 0.15) is 0 Å². The Bertz CT molecular complexity index is 274. The van der Waals surface area contributed by atoms with E-state index in [1.165, 1.54) is 0 Å². The molecule has 0 radical (unpaired) electrons. The second kappa shape index (κ2) is 12.8. The van der Waals surface area contributed by atoms with E-state index < -0.39 is 17.4 Å². The highest BCUT2D eigenvalue weighted by Crippen LogP contribution is 2.31. The van der Waals surface area contributed by atoms with Gasteiger partial charge in [0.05, 0.1) is 5.67 Å². The van der Waals surface area contributed by atoms with Crippen LogP contribution in [0, 0.1) is 5.92 Å². The summed E-state index contributed by atoms with van der Waals surface area (Å²) >= 11 is 6.04. The molecule has 0 aliphatic carbocycles. The van der Waals surface area contributed by atoms with E-state index >= 15 is 0 Å². The highest BCUT2D eigenvalue weighted by Gasteiger charge is 2.53. The minimum absolute atomic E-state index is 0.318. The van der Waals surface area contributed by atoms with Crippen LogP contribution in [-0.4, -0.2) is 56.3 Å². The van der Waals surface area contributed by atoms with Crippen LogP contribution in [0.4, 0.5) is 0 Å². The topological polar surface area (TPSA) is 46.2 Å². The van der Waals surface area contributed by atoms with Crippen molar-refractivity contribution in [3.05, 3.63) is 0 Å². The van der Waals surface area contributed by atoms with Crippen LogP contribution in [0.1, 0.15) is 41.5 Å². The minimum Gasteiger partial charge on any atom is -0.394 e. The highest BCUT2D eigenvalue weighted by atomic mass is 35.5. The number of hydrogen-bond donors (Lipinski definition) is 0. The van der Waals surface area contributed by atoms with Gasteiger partial charge in [-0.15, -0.1) is 11.6 Å². The highest BCUT2D eigenvalue weighted by molar-refractivity contribution is 6.83. The van der Waals surface area contributed by atoms with Crippen molar-refractivity contribution >= 4 is 29.0 Å². The van der Waals surface area contributed by atoms with Crippen LogP contribution in [0.5, 0.6) is 0 Å². The molecule has 0 saturated heterocycles. The van der Waals surface area contributed by atoms with E-state index in [4.69, 9.17) is 33.7 Å². The van der Waals surface area contributed by atoms with Crippen LogP contribution in [0.3, 0.4) is 0 Å². The molecule has 0 N–H and O–H groups in total. The number of rotatable bonds is 15. The zero-order valence-electron chi connectivity index (χ0n) is 15.7. The summed E-state index contributed by atoms with van der Waals surface area (Å²) in [6, 6.07) is 0.820. The zero-order chi connectivity index (χ0) is 17.8. The Morgan fingerprint density at radius 2 is 1.13 bits per heavy atom. The van der Waals surface area contributed by atoms with Crippen LogP contribution in [-0.2, 0) is 22.1 Å². The molecule has 1 atom stereocenters. The first-order chi connectivity index (χ1) is 11.0. The first-order valence-electron chi connectivity index (χ1n) is 8.72. The zero-order valence-corrected chi connectivity index (χ0v) is 18.4. The molecule has 140 valence electrons. The second-order valence-electron chi connectivity index (χ2n) is 5.40. The van der Waals surface area contributed by atoms with Gasteiger partial charge < -0.3 is 22.1 Å². The molecule has 0 amide bonds. The third kappa shape index (κ3) is 8.44. The van der Waals surface area contributed by atoms with Crippen molar-refractivity contribution in [1.29, 1.82) is 0 Å². The molecule has 0 aromatic rings. The molecule has 0 aromatic heterocycles. The summed E-state index contributed by atoms with van der Waals surface area (Å²) in [5.41, 5.74) is 0.610. The van der Waals surface area contributed by atoms with Gasteiger partial charge in [-0.25, -0.2) is 0 Å². The van der Waals surface area contributed by atoms with Crippen molar-refractivity contribution in [2.75, 3.05) is 38.9 Å². The molecule has 8 heteroatoms. The van der Waals surface area contributed by atoms with E-state index in [-0.39, 0.29) is 0 Å². The van der Waals surface area contributed by atoms with Crippen molar-refractivity contribution in [3.8, 4) is 0 Å². The molecule has 0 aromatic carbocycles. The second-order valence-corrected chi connectivity index (χ2v) is 12.2. The molecule has 0 heterocycles. The van der Waals surface area contributed by atoms with Gasteiger partial charge in [-0.3, -0.25) is 0 Å². The Morgan fingerprint density at radius 1 is 0.739 bits per heavy atom. The lowest BCUT2D eigenvalue weighted by Crippen LogP contribution is -2.57. The Balaban J connectivity index is 5.51. The molecule has 0 aliphatic rings. The van der Waals surface area contributed by atoms with Crippen molar-refractivity contribution in [1.82, 2.24) is 0 Å². The van der Waals surface area contributed by atoms with E-state index in [9.17, 15) is 0 Å². The van der Waals surface area contributed by atoms with Gasteiger partial charge in [-0.05, 0) is 46.6 Å². The molecule has 23 heavy (non-hydrogen) atoms. The summed E-state index contributed by atoms with van der Waals surface area (Å²) in [5, 5.41) is 0. The lowest BCUT2D eigenvalue weighted by molar-refractivity contribution is 0.0699. The average molecular weight is 387 g/mol. The molecular formula is C15H35ClO5Si2. The van der Waals surface area contributed by atoms with Gasteiger partial charge in [-0.2, -0.15) is 0 Å². The van der Waals surface area contributed by atoms with Crippen LogP contribution >= 0.6 is 11.6 Å². The van der Waals surface area contributed by atoms with E-state index in [2.05, 4.69) is 6.92 Å². The van der Waals surface area contributed by atoms with Gasteiger partial charge in [-0.1, -0.05) is 6.92 Å². The molecule has 0 saturated carbocycles. The van der Waals surface area contributed by atoms with Crippen LogP contribution in [0.25, 0.3) is 0 Å². The van der Waals surface area contributed by atoms with Gasteiger partial charge >= 0.3 is 17.4 Å². The molecular weight excluding hydrogens is 352 g/mol. The SMILES string of the molecule is CCO[Si](CC(C)CCl)(C[Si](OCC)(OCC)OCC)OCC. The van der Waals surface area contributed by atoms with E-state index in [0.717, 1.165) is 6.04 Å². The maximum Gasteiger partial charge on any atom is 0.502 e. The Labute approximate surface area is 149 Å². The number of halogens is 1. The smallest absolute Gasteiger partial charge is 0.394 e. The quantitative estimate of drug-likeness (QED) is 0.315. The normalized spacial score (nSPS) is 14.2. The van der Waals surface area contributed by atoms with Crippen LogP contribution in [0.2, 0.25) is 11.7 Å². The first-order valence-corrected chi connectivity index (χ1v) is 13.4. The monoisotopic (exact) mass is 386 g/mol. The van der Waals surface area contributed by atoms with Crippen LogP contribution in [0.15, 0.2) is 0 Å². The van der Waals surface area contributed by atoms with Crippen molar-refractivity contribution in [2.45, 2.75) is 53.3 Å². The van der Waals surface area contributed by atoms with Gasteiger partial charge in [0.15, 0.2) is 0 Å². The lowest BCUT2D eigenvalue weighted by atomic mass is 10.3. The number of hydrogen-bond acceptors (Lipinski definition) is 5. The standard InChI is InChI=1S/C15H35ClO5Si2/c1-7-17-22(18-8-2,13-15(6)12-16)14-23(19-9-3,20-10-4)21-11-5/h15H,7-14H2,1-6H3. The summed E-state index contributed by atoms with van der Waals surface area (Å²) in [7, 11) is -5.34. The van der Waals surface area contributed by atoms with E-state index in [0.29, 0.717) is 50.5 Å². The summed E-state index contributed by atoms with van der Waals surface area (Å²) in [5.74, 6) is 0.902. The Kier molecular flexibility index (Phi) is 13.1. The van der Waals surface area contributed by atoms with Crippen molar-refractivity contribution < 1.29 is 22.1 Å². The molecule has 0 spiro atoms. The first kappa shape index (κ1) is 23.5. The van der Waals surface area contributed by atoms with Gasteiger partial charge in [0.2, 0.25) is 0 Å². The maximum absolute atomic E-state index is 6.19. The van der Waals surface area contributed by atoms with E-state index in [1.807, 2.05) is 34.6 Å². The molecule has 0 rings (SSSR count). The summed E-state index contributed by atoms with van der Waals surface area (Å²) in [6.07, 6.45) is 0. The fourth-order valence-electron chi connectivity index (χ4n) is 2.71. The summed E-state index contributed by atoms with van der Waals surface area (Å²) in [6.45, 7) is 14.9. The van der Waals surface area contributed by atoms with Crippen molar-refractivity contribution in [3.63, 3.8) is 0 Å². The predicted molar refractivity (Wildman–Crippen MR) is 99.1 cm³/mol. The Hall–Kier alpha value is 0.524. The fourth-order valence-corrected chi connectivity index (χ4v) is 12.4. The predicted octanol–water partition coefficient (Wildman–Crippen LogP) is 3.96. The Morgan fingerprint density at radius 3 is 1.43 bits per heavy atom. The fraction of sp³-hybridized carbons (Fsp3) is 1.00. The lowest BCUT2D eigenvalue weighted by Gasteiger charge is -2.38. The maximum atomic E-state index is 6.19. The molecule has 1 unspecified atom stereocenters. The largest absolute Gasteiger partial charge is 0.502 e. The third-order valence-corrected chi connectivity index (χ3v) is 12.9. The van der Waals surface area contributed by atoms with E-state index in [1.54, 1.807) is 0 Å². The molecule has 0 bridgehead atoms. The molecule has 0 fully saturated rings. The third-order valence-electron chi connectivity index (χ3n) is 3.32. The molecule has 5 nitrogen and oxygen atoms in total. The van der Waals surface area contributed by atoms with Crippen LogP contribution < -0.4 is 0 Å². The molecule has 0 aliphatic heterocycles. The van der Waals surface area contributed by atoms with Crippen molar-refractivity contribution in [2.24, 2.45) is 5.92 Å². The summed E-state index contributed by atoms with van der Waals surface area (Å²) < 4.78 is 30.4. The van der Waals surface area contributed by atoms with Gasteiger partial charge in [0, 0.05) is 38.9 Å². The van der Waals surface area contributed by atoms with Gasteiger partial charge in [0.25, 0.3) is 0 Å². The average Bonchev–Trinajstić information content (AvgIpc) is 2.48. The summed E-state index contributed by atoms with van der Waals surface area (Å²) in [4.78, 5) is 0. The minimum atomic E-state index is -2.82. The number of alkyl halides is 1.